The molecule has 0 aromatic rings. The highest BCUT2D eigenvalue weighted by atomic mass is 16.2. The second-order valence-electron chi connectivity index (χ2n) is 4.05. The van der Waals surface area contributed by atoms with Crippen molar-refractivity contribution in [3.8, 4) is 0 Å². The molecule has 1 unspecified atom stereocenters. The molecule has 1 fully saturated rings. The fourth-order valence-electron chi connectivity index (χ4n) is 2.10. The molecule has 1 saturated heterocycles. The lowest BCUT2D eigenvalue weighted by Crippen LogP contribution is -2.40. The predicted molar refractivity (Wildman–Crippen MR) is 60.9 cm³/mol. The number of nitrogens with two attached hydrogens (primary N) is 1. The maximum Gasteiger partial charge on any atom is 0.318 e. The highest BCUT2D eigenvalue weighted by Crippen LogP contribution is 2.16. The summed E-state index contributed by atoms with van der Waals surface area (Å²) in [6.07, 6.45) is 2.66. The van der Waals surface area contributed by atoms with Gasteiger partial charge in [-0.25, -0.2) is 4.79 Å². The number of likely N-dealkylation sites (tertiary alicyclic amines) is 1. The van der Waals surface area contributed by atoms with Gasteiger partial charge in [0.05, 0.1) is 0 Å². The Morgan fingerprint density at radius 3 is 2.88 bits per heavy atom. The van der Waals surface area contributed by atoms with Crippen LogP contribution in [0.4, 0.5) is 4.79 Å². The molecule has 0 aromatic carbocycles. The number of hydrogen-bond acceptors (Lipinski definition) is 4. The zero-order valence-corrected chi connectivity index (χ0v) is 9.66. The molecule has 1 aliphatic heterocycles. The lowest BCUT2D eigenvalue weighted by molar-refractivity contribution is -0.120. The molecular formula is C10H20N4O2. The van der Waals surface area contributed by atoms with E-state index in [0.717, 1.165) is 19.5 Å². The van der Waals surface area contributed by atoms with Crippen molar-refractivity contribution in [3.05, 3.63) is 0 Å². The fourth-order valence-corrected chi connectivity index (χ4v) is 2.10. The molecule has 1 rings (SSSR count). The van der Waals surface area contributed by atoms with Gasteiger partial charge in [-0.2, -0.15) is 0 Å². The van der Waals surface area contributed by atoms with E-state index in [9.17, 15) is 9.59 Å². The van der Waals surface area contributed by atoms with E-state index in [1.54, 1.807) is 0 Å². The van der Waals surface area contributed by atoms with Crippen molar-refractivity contribution < 1.29 is 9.59 Å². The Morgan fingerprint density at radius 1 is 1.50 bits per heavy atom. The van der Waals surface area contributed by atoms with E-state index >= 15 is 0 Å². The van der Waals surface area contributed by atoms with Gasteiger partial charge in [-0.1, -0.05) is 0 Å². The summed E-state index contributed by atoms with van der Waals surface area (Å²) in [5.74, 6) is -0.303. The Kier molecular flexibility index (Phi) is 5.21. The zero-order valence-electron chi connectivity index (χ0n) is 9.66. The second kappa shape index (κ2) is 6.44. The van der Waals surface area contributed by atoms with Crippen LogP contribution in [0.15, 0.2) is 0 Å². The number of carbonyl (C=O) groups excluding carboxylic acids is 2. The number of nitrogens with one attached hydrogen (secondary N) is 2. The smallest absolute Gasteiger partial charge is 0.318 e. The molecule has 0 aliphatic carbocycles. The first-order valence-electron chi connectivity index (χ1n) is 5.61. The average Bonchev–Trinajstić information content (AvgIpc) is 2.62. The standard InChI is InChI=1S/C10H20N4O2/c1-12-7-8-3-2-5-14(8)6-4-9(15)13-10(11)16/h8,12H,2-7H2,1H3,(H3,11,13,15,16). The van der Waals surface area contributed by atoms with Crippen LogP contribution in [0, 0.1) is 0 Å². The lowest BCUT2D eigenvalue weighted by Gasteiger charge is -2.23. The fraction of sp³-hybridized carbons (Fsp3) is 0.800. The Hall–Kier alpha value is -1.14. The molecule has 6 nitrogen and oxygen atoms in total. The van der Waals surface area contributed by atoms with Gasteiger partial charge in [0.1, 0.15) is 0 Å². The molecule has 0 spiro atoms. The van der Waals surface area contributed by atoms with Gasteiger partial charge in [0.15, 0.2) is 0 Å². The van der Waals surface area contributed by atoms with E-state index in [4.69, 9.17) is 5.73 Å². The van der Waals surface area contributed by atoms with Crippen LogP contribution in [0.1, 0.15) is 19.3 Å². The van der Waals surface area contributed by atoms with Gasteiger partial charge < -0.3 is 11.1 Å². The number of carbonyl (C=O) groups is 2. The number of imide groups is 1. The number of hydrogen-bond donors (Lipinski definition) is 3. The van der Waals surface area contributed by atoms with E-state index in [-0.39, 0.29) is 5.91 Å². The van der Waals surface area contributed by atoms with Crippen molar-refractivity contribution in [2.24, 2.45) is 5.73 Å². The number of rotatable bonds is 5. The Balaban J connectivity index is 2.25. The molecular weight excluding hydrogens is 208 g/mol. The minimum absolute atomic E-state index is 0.303. The normalized spacial score (nSPS) is 20.9. The van der Waals surface area contributed by atoms with Gasteiger partial charge in [-0.05, 0) is 26.4 Å². The van der Waals surface area contributed by atoms with Crippen LogP contribution in [0.2, 0.25) is 0 Å². The summed E-state index contributed by atoms with van der Waals surface area (Å²) >= 11 is 0. The van der Waals surface area contributed by atoms with E-state index in [2.05, 4.69) is 15.5 Å². The molecule has 0 saturated carbocycles. The molecule has 0 aromatic heterocycles. The molecule has 16 heavy (non-hydrogen) atoms. The molecule has 0 bridgehead atoms. The van der Waals surface area contributed by atoms with Crippen LogP contribution >= 0.6 is 0 Å². The summed E-state index contributed by atoms with van der Waals surface area (Å²) in [5.41, 5.74) is 4.86. The topological polar surface area (TPSA) is 87.5 Å². The quantitative estimate of drug-likeness (QED) is 0.578. The van der Waals surface area contributed by atoms with Crippen molar-refractivity contribution in [3.63, 3.8) is 0 Å². The Labute approximate surface area is 95.5 Å². The largest absolute Gasteiger partial charge is 0.351 e. The number of amides is 3. The predicted octanol–water partition coefficient (Wildman–Crippen LogP) is -0.745. The third-order valence-electron chi connectivity index (χ3n) is 2.83. The summed E-state index contributed by atoms with van der Waals surface area (Å²) in [6, 6.07) is -0.274. The first-order valence-corrected chi connectivity index (χ1v) is 5.61. The molecule has 4 N–H and O–H groups in total. The summed E-state index contributed by atoms with van der Waals surface area (Å²) in [4.78, 5) is 23.9. The maximum atomic E-state index is 11.2. The highest BCUT2D eigenvalue weighted by Gasteiger charge is 2.23. The summed E-state index contributed by atoms with van der Waals surface area (Å²) in [5, 5.41) is 5.21. The molecule has 1 aliphatic rings. The first-order chi connectivity index (χ1) is 7.63. The number of primary amides is 1. The van der Waals surface area contributed by atoms with Crippen LogP contribution < -0.4 is 16.4 Å². The van der Waals surface area contributed by atoms with Crippen molar-refractivity contribution in [1.29, 1.82) is 0 Å². The number of urea groups is 1. The first kappa shape index (κ1) is 12.9. The minimum atomic E-state index is -0.779. The molecule has 1 heterocycles. The van der Waals surface area contributed by atoms with E-state index < -0.39 is 6.03 Å². The van der Waals surface area contributed by atoms with Crippen LogP contribution in [-0.2, 0) is 4.79 Å². The monoisotopic (exact) mass is 228 g/mol. The number of likely N-dealkylation sites (N-methyl/N-ethyl adjacent to an activating group) is 1. The van der Waals surface area contributed by atoms with Gasteiger partial charge >= 0.3 is 6.03 Å². The van der Waals surface area contributed by atoms with Crippen molar-refractivity contribution in [1.82, 2.24) is 15.5 Å². The Bertz CT molecular complexity index is 257. The van der Waals surface area contributed by atoms with E-state index in [0.29, 0.717) is 19.0 Å². The number of nitrogens with zero attached hydrogens (tertiary/aromatic N) is 1. The SMILES string of the molecule is CNCC1CCCN1CCC(=O)NC(N)=O. The Morgan fingerprint density at radius 2 is 2.25 bits per heavy atom. The molecule has 3 amide bonds. The van der Waals surface area contributed by atoms with Gasteiger partial charge in [0.2, 0.25) is 5.91 Å². The van der Waals surface area contributed by atoms with Gasteiger partial charge in [-0.3, -0.25) is 15.0 Å². The van der Waals surface area contributed by atoms with Gasteiger partial charge in [0.25, 0.3) is 0 Å². The minimum Gasteiger partial charge on any atom is -0.351 e. The molecule has 6 heteroatoms. The zero-order chi connectivity index (χ0) is 12.0. The van der Waals surface area contributed by atoms with Crippen molar-refractivity contribution in [2.75, 3.05) is 26.7 Å². The lowest BCUT2D eigenvalue weighted by atomic mass is 10.2. The van der Waals surface area contributed by atoms with Crippen LogP contribution in [0.5, 0.6) is 0 Å². The van der Waals surface area contributed by atoms with Crippen molar-refractivity contribution >= 4 is 11.9 Å². The maximum absolute atomic E-state index is 11.2. The van der Waals surface area contributed by atoms with E-state index in [1.165, 1.54) is 6.42 Å². The van der Waals surface area contributed by atoms with Crippen molar-refractivity contribution in [2.45, 2.75) is 25.3 Å². The van der Waals surface area contributed by atoms with Gasteiger partial charge in [0, 0.05) is 25.6 Å². The van der Waals surface area contributed by atoms with E-state index in [1.807, 2.05) is 7.05 Å². The third kappa shape index (κ3) is 4.16. The van der Waals surface area contributed by atoms with Crippen LogP contribution in [0.25, 0.3) is 0 Å². The summed E-state index contributed by atoms with van der Waals surface area (Å²) in [7, 11) is 1.93. The van der Waals surface area contributed by atoms with Gasteiger partial charge in [-0.15, -0.1) is 0 Å². The summed E-state index contributed by atoms with van der Waals surface area (Å²) < 4.78 is 0. The molecule has 0 radical (unpaired) electrons. The summed E-state index contributed by atoms with van der Waals surface area (Å²) in [6.45, 7) is 2.65. The average molecular weight is 228 g/mol. The second-order valence-corrected chi connectivity index (χ2v) is 4.05. The van der Waals surface area contributed by atoms with Crippen LogP contribution in [-0.4, -0.2) is 49.6 Å². The molecule has 1 atom stereocenters. The molecule has 92 valence electrons. The highest BCUT2D eigenvalue weighted by molar-refractivity contribution is 5.93. The third-order valence-corrected chi connectivity index (χ3v) is 2.83. The van der Waals surface area contributed by atoms with Crippen LogP contribution in [0.3, 0.4) is 0 Å².